The molecule has 1 N–H and O–H groups in total. The van der Waals surface area contributed by atoms with E-state index in [0.29, 0.717) is 4.88 Å². The predicted octanol–water partition coefficient (Wildman–Crippen LogP) is 3.67. The maximum absolute atomic E-state index is 12.7. The van der Waals surface area contributed by atoms with Gasteiger partial charge >= 0.3 is 6.18 Å². The SMILES string of the molecule is Cl.Cn1cc(NCc2ccc(F)s2)c(C(F)(F)F)n1. The van der Waals surface area contributed by atoms with Crippen LogP contribution in [0.3, 0.4) is 0 Å². The smallest absolute Gasteiger partial charge is 0.377 e. The molecule has 2 rings (SSSR count). The monoisotopic (exact) mass is 315 g/mol. The van der Waals surface area contributed by atoms with Crippen molar-refractivity contribution in [3.8, 4) is 0 Å². The Morgan fingerprint density at radius 2 is 2.05 bits per heavy atom. The van der Waals surface area contributed by atoms with Gasteiger partial charge in [0.05, 0.1) is 5.69 Å². The van der Waals surface area contributed by atoms with Crippen molar-refractivity contribution in [2.75, 3.05) is 5.32 Å². The molecule has 0 aliphatic rings. The van der Waals surface area contributed by atoms with Crippen LogP contribution in [0.5, 0.6) is 0 Å². The summed E-state index contributed by atoms with van der Waals surface area (Å²) in [5.41, 5.74) is -1.08. The van der Waals surface area contributed by atoms with Crippen molar-refractivity contribution in [2.24, 2.45) is 7.05 Å². The standard InChI is InChI=1S/C10H9F4N3S.ClH/c1-17-5-7(9(16-17)10(12,13)14)15-4-6-2-3-8(11)18-6;/h2-3,5,15H,4H2,1H3;1H. The second kappa shape index (κ2) is 5.79. The van der Waals surface area contributed by atoms with Gasteiger partial charge in [-0.1, -0.05) is 0 Å². The number of anilines is 1. The summed E-state index contributed by atoms with van der Waals surface area (Å²) in [5, 5.41) is 5.60. The number of alkyl halides is 3. The van der Waals surface area contributed by atoms with Crippen LogP contribution in [0, 0.1) is 5.13 Å². The number of aryl methyl sites for hydroxylation is 1. The number of hydrogen-bond acceptors (Lipinski definition) is 3. The van der Waals surface area contributed by atoms with Crippen molar-refractivity contribution >= 4 is 29.4 Å². The topological polar surface area (TPSA) is 29.9 Å². The van der Waals surface area contributed by atoms with E-state index in [4.69, 9.17) is 0 Å². The van der Waals surface area contributed by atoms with Gasteiger partial charge in [0.1, 0.15) is 0 Å². The molecule has 0 saturated heterocycles. The van der Waals surface area contributed by atoms with Crippen molar-refractivity contribution in [3.05, 3.63) is 34.0 Å². The Hall–Kier alpha value is -1.28. The molecule has 0 radical (unpaired) electrons. The fraction of sp³-hybridized carbons (Fsp3) is 0.300. The minimum absolute atomic E-state index is 0. The number of aromatic nitrogens is 2. The molecule has 9 heteroatoms. The van der Waals surface area contributed by atoms with Gasteiger partial charge in [0.2, 0.25) is 0 Å². The average Bonchev–Trinajstić information content (AvgIpc) is 2.81. The highest BCUT2D eigenvalue weighted by Gasteiger charge is 2.37. The van der Waals surface area contributed by atoms with Gasteiger partial charge in [0, 0.05) is 24.7 Å². The highest BCUT2D eigenvalue weighted by atomic mass is 35.5. The quantitative estimate of drug-likeness (QED) is 0.876. The lowest BCUT2D eigenvalue weighted by molar-refractivity contribution is -0.140. The first-order chi connectivity index (χ1) is 8.36. The van der Waals surface area contributed by atoms with Gasteiger partial charge in [-0.05, 0) is 12.1 Å². The van der Waals surface area contributed by atoms with Crippen molar-refractivity contribution in [2.45, 2.75) is 12.7 Å². The third-order valence-electron chi connectivity index (χ3n) is 2.18. The largest absolute Gasteiger partial charge is 0.437 e. The lowest BCUT2D eigenvalue weighted by atomic mass is 10.3. The van der Waals surface area contributed by atoms with Crippen molar-refractivity contribution < 1.29 is 17.6 Å². The molecule has 2 heterocycles. The molecule has 0 atom stereocenters. The minimum atomic E-state index is -4.51. The highest BCUT2D eigenvalue weighted by Crippen LogP contribution is 2.33. The lowest BCUT2D eigenvalue weighted by Crippen LogP contribution is -2.10. The van der Waals surface area contributed by atoms with Gasteiger partial charge in [-0.15, -0.1) is 23.7 Å². The molecule has 0 bridgehead atoms. The Bertz CT molecular complexity index is 549. The van der Waals surface area contributed by atoms with Gasteiger partial charge in [-0.3, -0.25) is 4.68 Å². The van der Waals surface area contributed by atoms with Crippen molar-refractivity contribution in [1.29, 1.82) is 0 Å². The van der Waals surface area contributed by atoms with Gasteiger partial charge in [-0.2, -0.15) is 22.7 Å². The Labute approximate surface area is 116 Å². The number of nitrogens with one attached hydrogen (secondary N) is 1. The van der Waals surface area contributed by atoms with E-state index in [1.54, 1.807) is 0 Å². The van der Waals surface area contributed by atoms with E-state index in [1.807, 2.05) is 0 Å². The highest BCUT2D eigenvalue weighted by molar-refractivity contribution is 7.10. The van der Waals surface area contributed by atoms with Gasteiger partial charge in [-0.25, -0.2) is 0 Å². The summed E-state index contributed by atoms with van der Waals surface area (Å²) in [6, 6.07) is 2.80. The summed E-state index contributed by atoms with van der Waals surface area (Å²) in [6.07, 6.45) is -3.27. The molecule has 0 aliphatic heterocycles. The van der Waals surface area contributed by atoms with Crippen LogP contribution in [-0.4, -0.2) is 9.78 Å². The van der Waals surface area contributed by atoms with E-state index in [9.17, 15) is 17.6 Å². The van der Waals surface area contributed by atoms with Gasteiger partial charge in [0.25, 0.3) is 0 Å². The van der Waals surface area contributed by atoms with E-state index in [2.05, 4.69) is 10.4 Å². The molecule has 2 aromatic rings. The molecule has 0 spiro atoms. The molecule has 0 saturated carbocycles. The molecule has 0 fully saturated rings. The fourth-order valence-corrected chi connectivity index (χ4v) is 2.12. The summed E-state index contributed by atoms with van der Waals surface area (Å²) in [7, 11) is 1.41. The van der Waals surface area contributed by atoms with Gasteiger partial charge in [0.15, 0.2) is 10.8 Å². The molecular formula is C10H10ClF4N3S. The number of hydrogen-bond donors (Lipinski definition) is 1. The second-order valence-corrected chi connectivity index (χ2v) is 4.74. The first-order valence-electron chi connectivity index (χ1n) is 4.95. The first kappa shape index (κ1) is 15.8. The number of halogens is 5. The normalized spacial score (nSPS) is 11.2. The van der Waals surface area contributed by atoms with E-state index >= 15 is 0 Å². The van der Waals surface area contributed by atoms with Crippen LogP contribution in [0.2, 0.25) is 0 Å². The Morgan fingerprint density at radius 1 is 1.37 bits per heavy atom. The number of rotatable bonds is 3. The molecule has 3 nitrogen and oxygen atoms in total. The van der Waals surface area contributed by atoms with Crippen LogP contribution in [0.1, 0.15) is 10.6 Å². The average molecular weight is 316 g/mol. The predicted molar refractivity (Wildman–Crippen MR) is 67.1 cm³/mol. The molecule has 19 heavy (non-hydrogen) atoms. The third-order valence-corrected chi connectivity index (χ3v) is 3.05. The molecule has 106 valence electrons. The maximum atomic E-state index is 12.7. The summed E-state index contributed by atoms with van der Waals surface area (Å²) in [4.78, 5) is 0.615. The molecule has 0 aliphatic carbocycles. The summed E-state index contributed by atoms with van der Waals surface area (Å²) in [6.45, 7) is 0.128. The van der Waals surface area contributed by atoms with Crippen LogP contribution in [0.25, 0.3) is 0 Å². The third kappa shape index (κ3) is 3.84. The molecule has 0 aromatic carbocycles. The van der Waals surface area contributed by atoms with Crippen LogP contribution in [-0.2, 0) is 19.8 Å². The molecular weight excluding hydrogens is 306 g/mol. The van der Waals surface area contributed by atoms with E-state index in [-0.39, 0.29) is 29.8 Å². The van der Waals surface area contributed by atoms with E-state index in [0.717, 1.165) is 16.0 Å². The Morgan fingerprint density at radius 3 is 2.58 bits per heavy atom. The summed E-state index contributed by atoms with van der Waals surface area (Å²) >= 11 is 0.890. The zero-order valence-corrected chi connectivity index (χ0v) is 11.3. The summed E-state index contributed by atoms with van der Waals surface area (Å²) in [5.74, 6) is 0. The maximum Gasteiger partial charge on any atom is 0.437 e. The van der Waals surface area contributed by atoms with Crippen molar-refractivity contribution in [1.82, 2.24) is 9.78 Å². The molecule has 2 aromatic heterocycles. The second-order valence-electron chi connectivity index (χ2n) is 3.62. The Kier molecular flexibility index (Phi) is 4.81. The minimum Gasteiger partial charge on any atom is -0.377 e. The zero-order chi connectivity index (χ0) is 13.3. The number of thiophene rings is 1. The van der Waals surface area contributed by atoms with E-state index < -0.39 is 11.9 Å². The Balaban J connectivity index is 0.00000180. The molecule has 0 amide bonds. The lowest BCUT2D eigenvalue weighted by Gasteiger charge is -2.07. The van der Waals surface area contributed by atoms with Crippen molar-refractivity contribution in [3.63, 3.8) is 0 Å². The van der Waals surface area contributed by atoms with Crippen LogP contribution < -0.4 is 5.32 Å². The summed E-state index contributed by atoms with van der Waals surface area (Å²) < 4.78 is 51.7. The molecule has 0 unspecified atom stereocenters. The van der Waals surface area contributed by atoms with Crippen LogP contribution in [0.15, 0.2) is 18.3 Å². The van der Waals surface area contributed by atoms with E-state index in [1.165, 1.54) is 25.4 Å². The first-order valence-corrected chi connectivity index (χ1v) is 5.77. The van der Waals surface area contributed by atoms with Crippen LogP contribution in [0.4, 0.5) is 23.2 Å². The van der Waals surface area contributed by atoms with Gasteiger partial charge < -0.3 is 5.32 Å². The zero-order valence-electron chi connectivity index (χ0n) is 9.66. The van der Waals surface area contributed by atoms with Crippen LogP contribution >= 0.6 is 23.7 Å². The fourth-order valence-electron chi connectivity index (χ4n) is 1.46. The number of nitrogens with zero attached hydrogens (tertiary/aromatic N) is 2.